The lowest BCUT2D eigenvalue weighted by Gasteiger charge is -2.14. The molecule has 0 unspecified atom stereocenters. The smallest absolute Gasteiger partial charge is 0.337 e. The van der Waals surface area contributed by atoms with E-state index in [1.807, 2.05) is 19.1 Å². The number of nitrogens with zero attached hydrogens (tertiary/aromatic N) is 1. The van der Waals surface area contributed by atoms with Crippen LogP contribution in [0.15, 0.2) is 64.6 Å². The van der Waals surface area contributed by atoms with Gasteiger partial charge < -0.3 is 9.15 Å². The fraction of sp³-hybridized carbons (Fsp3) is 0.0870. The van der Waals surface area contributed by atoms with Gasteiger partial charge in [0, 0.05) is 10.6 Å². The molecule has 2 heterocycles. The molecule has 1 N–H and O–H groups in total. The number of hydrogen-bond acceptors (Lipinski definition) is 5. The largest absolute Gasteiger partial charge is 0.465 e. The van der Waals surface area contributed by atoms with Crippen molar-refractivity contribution in [3.8, 4) is 11.3 Å². The second kappa shape index (κ2) is 8.12. The van der Waals surface area contributed by atoms with Crippen molar-refractivity contribution in [3.63, 3.8) is 0 Å². The molecule has 0 radical (unpaired) electrons. The van der Waals surface area contributed by atoms with Gasteiger partial charge >= 0.3 is 5.97 Å². The van der Waals surface area contributed by atoms with Gasteiger partial charge in [-0.25, -0.2) is 9.80 Å². The van der Waals surface area contributed by atoms with Gasteiger partial charge in [0.2, 0.25) is 0 Å². The first kappa shape index (κ1) is 20.4. The SMILES string of the molecule is COC(=O)c1ccc(N2NC(=O)C(=Cc3ccc(-c4cccc(Cl)c4C)o3)C2=O)cc1. The highest BCUT2D eigenvalue weighted by atomic mass is 35.5. The minimum atomic E-state index is -0.557. The zero-order valence-electron chi connectivity index (χ0n) is 16.6. The number of anilines is 1. The number of carbonyl (C=O) groups is 3. The summed E-state index contributed by atoms with van der Waals surface area (Å²) in [5, 5.41) is 1.73. The molecule has 156 valence electrons. The Labute approximate surface area is 182 Å². The Hall–Kier alpha value is -3.84. The van der Waals surface area contributed by atoms with Gasteiger partial charge in [-0.05, 0) is 61.0 Å². The fourth-order valence-electron chi connectivity index (χ4n) is 3.20. The average molecular weight is 437 g/mol. The number of halogens is 1. The van der Waals surface area contributed by atoms with Gasteiger partial charge in [-0.1, -0.05) is 23.7 Å². The molecule has 0 atom stereocenters. The summed E-state index contributed by atoms with van der Waals surface area (Å²) in [6.45, 7) is 1.88. The summed E-state index contributed by atoms with van der Waals surface area (Å²) in [6, 6.07) is 15.0. The molecule has 1 aliphatic rings. The Balaban J connectivity index is 1.59. The highest BCUT2D eigenvalue weighted by Gasteiger charge is 2.34. The lowest BCUT2D eigenvalue weighted by molar-refractivity contribution is -0.117. The molecule has 1 aliphatic heterocycles. The van der Waals surface area contributed by atoms with Crippen LogP contribution in [-0.4, -0.2) is 24.9 Å². The van der Waals surface area contributed by atoms with Crippen molar-refractivity contribution in [2.75, 3.05) is 12.1 Å². The van der Waals surface area contributed by atoms with E-state index in [9.17, 15) is 14.4 Å². The molecule has 2 amide bonds. The van der Waals surface area contributed by atoms with Crippen molar-refractivity contribution in [2.45, 2.75) is 6.92 Å². The third-order valence-corrected chi connectivity index (χ3v) is 5.29. The molecule has 3 aromatic rings. The molecule has 31 heavy (non-hydrogen) atoms. The van der Waals surface area contributed by atoms with Crippen LogP contribution in [0.4, 0.5) is 5.69 Å². The van der Waals surface area contributed by atoms with Crippen LogP contribution in [0.25, 0.3) is 17.4 Å². The first-order chi connectivity index (χ1) is 14.9. The normalized spacial score (nSPS) is 14.8. The lowest BCUT2D eigenvalue weighted by Crippen LogP contribution is -2.35. The quantitative estimate of drug-likeness (QED) is 0.377. The molecule has 0 saturated carbocycles. The van der Waals surface area contributed by atoms with Crippen molar-refractivity contribution in [1.82, 2.24) is 5.43 Å². The molecule has 1 aromatic heterocycles. The van der Waals surface area contributed by atoms with E-state index >= 15 is 0 Å². The predicted octanol–water partition coefficient (Wildman–Crippen LogP) is 4.16. The van der Waals surface area contributed by atoms with Crippen LogP contribution in [-0.2, 0) is 14.3 Å². The number of ether oxygens (including phenoxy) is 1. The van der Waals surface area contributed by atoms with Crippen LogP contribution in [0, 0.1) is 6.92 Å². The molecule has 1 saturated heterocycles. The topological polar surface area (TPSA) is 88.8 Å². The highest BCUT2D eigenvalue weighted by Crippen LogP contribution is 2.31. The maximum Gasteiger partial charge on any atom is 0.337 e. The number of methoxy groups -OCH3 is 1. The van der Waals surface area contributed by atoms with E-state index in [2.05, 4.69) is 10.2 Å². The molecule has 8 heteroatoms. The molecule has 0 spiro atoms. The van der Waals surface area contributed by atoms with E-state index < -0.39 is 17.8 Å². The molecule has 1 fully saturated rings. The summed E-state index contributed by atoms with van der Waals surface area (Å²) in [4.78, 5) is 36.8. The van der Waals surface area contributed by atoms with E-state index in [4.69, 9.17) is 16.0 Å². The number of nitrogens with one attached hydrogen (secondary N) is 1. The zero-order valence-corrected chi connectivity index (χ0v) is 17.4. The number of hydrogen-bond donors (Lipinski definition) is 1. The summed E-state index contributed by atoms with van der Waals surface area (Å²) in [7, 11) is 1.28. The number of esters is 1. The Morgan fingerprint density at radius 1 is 1.10 bits per heavy atom. The van der Waals surface area contributed by atoms with Gasteiger partial charge in [0.05, 0.1) is 18.4 Å². The summed E-state index contributed by atoms with van der Waals surface area (Å²) in [5.74, 6) is -0.650. The van der Waals surface area contributed by atoms with Gasteiger partial charge in [0.25, 0.3) is 11.8 Å². The summed E-state index contributed by atoms with van der Waals surface area (Å²) in [5.41, 5.74) is 4.87. The van der Waals surface area contributed by atoms with Crippen molar-refractivity contribution in [1.29, 1.82) is 0 Å². The first-order valence-corrected chi connectivity index (χ1v) is 9.67. The van der Waals surface area contributed by atoms with Crippen LogP contribution in [0.5, 0.6) is 0 Å². The van der Waals surface area contributed by atoms with Crippen molar-refractivity contribution in [2.24, 2.45) is 0 Å². The minimum Gasteiger partial charge on any atom is -0.465 e. The van der Waals surface area contributed by atoms with Gasteiger partial charge in [-0.2, -0.15) is 0 Å². The Morgan fingerprint density at radius 3 is 2.55 bits per heavy atom. The second-order valence-electron chi connectivity index (χ2n) is 6.79. The molecule has 0 aliphatic carbocycles. The van der Waals surface area contributed by atoms with Crippen molar-refractivity contribution in [3.05, 3.63) is 82.1 Å². The van der Waals surface area contributed by atoms with Gasteiger partial charge in [0.1, 0.15) is 17.1 Å². The van der Waals surface area contributed by atoms with Gasteiger partial charge in [0.15, 0.2) is 0 Å². The standard InChI is InChI=1S/C23H17ClN2O5/c1-13-17(4-3-5-19(13)24)20-11-10-16(31-20)12-18-21(27)25-26(22(18)28)15-8-6-14(7-9-15)23(29)30-2/h3-12H,1-2H3,(H,25,27). The highest BCUT2D eigenvalue weighted by molar-refractivity contribution is 6.32. The third-order valence-electron chi connectivity index (χ3n) is 4.88. The zero-order chi connectivity index (χ0) is 22.1. The van der Waals surface area contributed by atoms with E-state index in [0.717, 1.165) is 16.1 Å². The van der Waals surface area contributed by atoms with Crippen LogP contribution >= 0.6 is 11.6 Å². The maximum absolute atomic E-state index is 12.8. The molecular weight excluding hydrogens is 420 g/mol. The first-order valence-electron chi connectivity index (χ1n) is 9.30. The Bertz CT molecular complexity index is 1230. The Kier molecular flexibility index (Phi) is 5.35. The van der Waals surface area contributed by atoms with Crippen LogP contribution < -0.4 is 10.4 Å². The number of furan rings is 1. The van der Waals surface area contributed by atoms with E-state index in [0.29, 0.717) is 27.8 Å². The molecule has 2 aromatic carbocycles. The van der Waals surface area contributed by atoms with E-state index in [1.165, 1.54) is 25.3 Å². The predicted molar refractivity (Wildman–Crippen MR) is 115 cm³/mol. The number of hydrazine groups is 1. The number of carbonyl (C=O) groups excluding carboxylic acids is 3. The van der Waals surface area contributed by atoms with Crippen molar-refractivity contribution < 1.29 is 23.5 Å². The average Bonchev–Trinajstić information content (AvgIpc) is 3.35. The van der Waals surface area contributed by atoms with E-state index in [1.54, 1.807) is 30.3 Å². The fourth-order valence-corrected chi connectivity index (χ4v) is 3.37. The Morgan fingerprint density at radius 2 is 1.84 bits per heavy atom. The molecule has 7 nitrogen and oxygen atoms in total. The summed E-state index contributed by atoms with van der Waals surface area (Å²) < 4.78 is 10.5. The number of rotatable bonds is 4. The molecule has 0 bridgehead atoms. The van der Waals surface area contributed by atoms with Crippen molar-refractivity contribution >= 4 is 41.1 Å². The van der Waals surface area contributed by atoms with Crippen LogP contribution in [0.3, 0.4) is 0 Å². The molecular formula is C23H17ClN2O5. The second-order valence-corrected chi connectivity index (χ2v) is 7.20. The van der Waals surface area contributed by atoms with Gasteiger partial charge in [-0.15, -0.1) is 0 Å². The monoisotopic (exact) mass is 436 g/mol. The lowest BCUT2D eigenvalue weighted by atomic mass is 10.1. The van der Waals surface area contributed by atoms with E-state index in [-0.39, 0.29) is 5.57 Å². The maximum atomic E-state index is 12.8. The van der Waals surface area contributed by atoms with Crippen LogP contribution in [0.2, 0.25) is 5.02 Å². The molecule has 4 rings (SSSR count). The number of amides is 2. The van der Waals surface area contributed by atoms with Crippen LogP contribution in [0.1, 0.15) is 21.7 Å². The number of benzene rings is 2. The summed E-state index contributed by atoms with van der Waals surface area (Å²) in [6.07, 6.45) is 1.39. The van der Waals surface area contributed by atoms with Gasteiger partial charge in [-0.3, -0.25) is 15.0 Å². The summed E-state index contributed by atoms with van der Waals surface area (Å²) >= 11 is 6.17. The minimum absolute atomic E-state index is 0.0687. The third kappa shape index (κ3) is 3.83.